The van der Waals surface area contributed by atoms with E-state index in [4.69, 9.17) is 9.47 Å². The van der Waals surface area contributed by atoms with Crippen molar-refractivity contribution in [3.05, 3.63) is 51.1 Å². The first-order chi connectivity index (χ1) is 16.5. The number of hydrogen-bond acceptors (Lipinski definition) is 8. The standard InChI is InChI=1S/C24H24N2O6S2/c1-2-31-18-13-16(8-9-17(18)32-23(29)19-7-6-12-33-19)14-20-22(28)26(24(30)34-20)15-21(27)25-10-4-3-5-11-25/h6-9,12-14H,2-5,10-11,15H2,1H3/b20-14-. The Balaban J connectivity index is 1.48. The molecule has 2 saturated heterocycles. The van der Waals surface area contributed by atoms with Crippen molar-refractivity contribution in [3.63, 3.8) is 0 Å². The number of carbonyl (C=O) groups excluding carboxylic acids is 4. The van der Waals surface area contributed by atoms with E-state index in [1.807, 2.05) is 6.92 Å². The highest BCUT2D eigenvalue weighted by atomic mass is 32.2. The van der Waals surface area contributed by atoms with Gasteiger partial charge < -0.3 is 14.4 Å². The SMILES string of the molecule is CCOc1cc(/C=C2\SC(=O)N(CC(=O)N3CCCCC3)C2=O)ccc1OC(=O)c1cccs1. The normalized spacial score (nSPS) is 17.4. The van der Waals surface area contributed by atoms with Gasteiger partial charge in [-0.2, -0.15) is 0 Å². The molecule has 2 aliphatic rings. The summed E-state index contributed by atoms with van der Waals surface area (Å²) in [6.45, 7) is 3.23. The van der Waals surface area contributed by atoms with E-state index in [1.54, 1.807) is 46.7 Å². The van der Waals surface area contributed by atoms with Gasteiger partial charge in [-0.05, 0) is 73.2 Å². The average molecular weight is 501 g/mol. The fraction of sp³-hybridized carbons (Fsp3) is 0.333. The Bertz CT molecular complexity index is 1120. The molecular formula is C24H24N2O6S2. The second-order valence-electron chi connectivity index (χ2n) is 7.72. The van der Waals surface area contributed by atoms with Gasteiger partial charge in [0.25, 0.3) is 11.1 Å². The van der Waals surface area contributed by atoms with E-state index in [1.165, 1.54) is 11.3 Å². The summed E-state index contributed by atoms with van der Waals surface area (Å²) < 4.78 is 11.1. The zero-order chi connectivity index (χ0) is 24.1. The third-order valence-corrected chi connectivity index (χ3v) is 7.12. The van der Waals surface area contributed by atoms with E-state index in [0.29, 0.717) is 35.9 Å². The lowest BCUT2D eigenvalue weighted by Gasteiger charge is -2.27. The molecule has 178 valence electrons. The van der Waals surface area contributed by atoms with Gasteiger partial charge in [-0.15, -0.1) is 11.3 Å². The second kappa shape index (κ2) is 10.9. The first-order valence-electron chi connectivity index (χ1n) is 11.0. The number of amides is 3. The molecule has 2 aliphatic heterocycles. The molecule has 8 nitrogen and oxygen atoms in total. The summed E-state index contributed by atoms with van der Waals surface area (Å²) in [5.41, 5.74) is 0.604. The number of thiophene rings is 1. The minimum Gasteiger partial charge on any atom is -0.490 e. The van der Waals surface area contributed by atoms with Gasteiger partial charge in [-0.25, -0.2) is 4.79 Å². The van der Waals surface area contributed by atoms with Crippen molar-refractivity contribution in [1.82, 2.24) is 9.80 Å². The number of likely N-dealkylation sites (tertiary alicyclic amines) is 1. The van der Waals surface area contributed by atoms with Crippen LogP contribution in [0, 0.1) is 0 Å². The van der Waals surface area contributed by atoms with E-state index in [9.17, 15) is 19.2 Å². The topological polar surface area (TPSA) is 93.2 Å². The maximum Gasteiger partial charge on any atom is 0.353 e. The van der Waals surface area contributed by atoms with Crippen molar-refractivity contribution in [1.29, 1.82) is 0 Å². The van der Waals surface area contributed by atoms with Crippen LogP contribution in [0.25, 0.3) is 6.08 Å². The molecule has 0 saturated carbocycles. The van der Waals surface area contributed by atoms with Gasteiger partial charge in [0.05, 0.1) is 11.5 Å². The molecular weight excluding hydrogens is 476 g/mol. The number of rotatable bonds is 7. The largest absolute Gasteiger partial charge is 0.490 e. The van der Waals surface area contributed by atoms with Gasteiger partial charge in [-0.3, -0.25) is 19.3 Å². The van der Waals surface area contributed by atoms with Gasteiger partial charge in [0, 0.05) is 13.1 Å². The van der Waals surface area contributed by atoms with Crippen LogP contribution in [-0.4, -0.2) is 59.1 Å². The molecule has 0 aliphatic carbocycles. The molecule has 2 aromatic rings. The predicted molar refractivity (Wildman–Crippen MR) is 130 cm³/mol. The molecule has 3 amide bonds. The van der Waals surface area contributed by atoms with Crippen molar-refractivity contribution in [3.8, 4) is 11.5 Å². The minimum atomic E-state index is -0.494. The maximum absolute atomic E-state index is 12.8. The minimum absolute atomic E-state index is 0.209. The van der Waals surface area contributed by atoms with Crippen LogP contribution in [0.2, 0.25) is 0 Å². The van der Waals surface area contributed by atoms with Gasteiger partial charge in [-0.1, -0.05) is 12.1 Å². The number of carbonyl (C=O) groups is 4. The first kappa shape index (κ1) is 24.0. The Morgan fingerprint density at radius 2 is 1.88 bits per heavy atom. The Kier molecular flexibility index (Phi) is 7.69. The summed E-state index contributed by atoms with van der Waals surface area (Å²) in [7, 11) is 0. The number of esters is 1. The van der Waals surface area contributed by atoms with Crippen LogP contribution in [0.1, 0.15) is 41.4 Å². The number of thioether (sulfide) groups is 1. The van der Waals surface area contributed by atoms with Gasteiger partial charge in [0.2, 0.25) is 5.91 Å². The number of ether oxygens (including phenoxy) is 2. The monoisotopic (exact) mass is 500 g/mol. The molecule has 0 bridgehead atoms. The molecule has 4 rings (SSSR count). The number of hydrogen-bond donors (Lipinski definition) is 0. The number of nitrogens with zero attached hydrogens (tertiary/aromatic N) is 2. The Morgan fingerprint density at radius 3 is 2.59 bits per heavy atom. The molecule has 1 aromatic heterocycles. The van der Waals surface area contributed by atoms with E-state index in [-0.39, 0.29) is 23.1 Å². The highest BCUT2D eigenvalue weighted by Crippen LogP contribution is 2.35. The van der Waals surface area contributed by atoms with Crippen molar-refractivity contribution in [2.75, 3.05) is 26.2 Å². The van der Waals surface area contributed by atoms with Crippen molar-refractivity contribution in [2.24, 2.45) is 0 Å². The summed E-state index contributed by atoms with van der Waals surface area (Å²) in [6.07, 6.45) is 4.54. The van der Waals surface area contributed by atoms with Crippen molar-refractivity contribution < 1.29 is 28.7 Å². The van der Waals surface area contributed by atoms with Crippen molar-refractivity contribution >= 4 is 52.2 Å². The summed E-state index contributed by atoms with van der Waals surface area (Å²) in [6, 6.07) is 8.35. The van der Waals surface area contributed by atoms with E-state index in [2.05, 4.69) is 0 Å². The number of benzene rings is 1. The zero-order valence-corrected chi connectivity index (χ0v) is 20.3. The maximum atomic E-state index is 12.8. The van der Waals surface area contributed by atoms with Crippen LogP contribution in [-0.2, 0) is 9.59 Å². The molecule has 34 heavy (non-hydrogen) atoms. The first-order valence-corrected chi connectivity index (χ1v) is 12.7. The van der Waals surface area contributed by atoms with Crippen molar-refractivity contribution in [2.45, 2.75) is 26.2 Å². The molecule has 10 heteroatoms. The highest BCUT2D eigenvalue weighted by molar-refractivity contribution is 8.18. The summed E-state index contributed by atoms with van der Waals surface area (Å²) in [5.74, 6) is -0.577. The predicted octanol–water partition coefficient (Wildman–Crippen LogP) is 4.41. The Labute approximate surface area is 205 Å². The lowest BCUT2D eigenvalue weighted by Crippen LogP contribution is -2.44. The third-order valence-electron chi connectivity index (χ3n) is 5.37. The van der Waals surface area contributed by atoms with Gasteiger partial charge in [0.1, 0.15) is 11.4 Å². The summed E-state index contributed by atoms with van der Waals surface area (Å²) in [4.78, 5) is 53.5. The molecule has 0 atom stereocenters. The Morgan fingerprint density at radius 1 is 1.09 bits per heavy atom. The van der Waals surface area contributed by atoms with E-state index >= 15 is 0 Å². The van der Waals surface area contributed by atoms with Crippen LogP contribution < -0.4 is 9.47 Å². The lowest BCUT2D eigenvalue weighted by molar-refractivity contribution is -0.136. The zero-order valence-electron chi connectivity index (χ0n) is 18.7. The van der Waals surface area contributed by atoms with E-state index in [0.717, 1.165) is 35.9 Å². The molecule has 1 aromatic carbocycles. The van der Waals surface area contributed by atoms with E-state index < -0.39 is 17.1 Å². The quantitative estimate of drug-likeness (QED) is 0.316. The fourth-order valence-corrected chi connectivity index (χ4v) is 5.12. The molecule has 0 spiro atoms. The smallest absolute Gasteiger partial charge is 0.353 e. The highest BCUT2D eigenvalue weighted by Gasteiger charge is 2.37. The van der Waals surface area contributed by atoms with Crippen LogP contribution in [0.15, 0.2) is 40.6 Å². The van der Waals surface area contributed by atoms with Crippen LogP contribution in [0.5, 0.6) is 11.5 Å². The number of imide groups is 1. The lowest BCUT2D eigenvalue weighted by atomic mass is 10.1. The molecule has 0 unspecified atom stereocenters. The van der Waals surface area contributed by atoms with Crippen LogP contribution >= 0.6 is 23.1 Å². The summed E-state index contributed by atoms with van der Waals surface area (Å²) >= 11 is 2.08. The Hall–Kier alpha value is -3.11. The van der Waals surface area contributed by atoms with Gasteiger partial charge >= 0.3 is 5.97 Å². The molecule has 3 heterocycles. The molecule has 0 N–H and O–H groups in total. The van der Waals surface area contributed by atoms with Crippen LogP contribution in [0.3, 0.4) is 0 Å². The van der Waals surface area contributed by atoms with Gasteiger partial charge in [0.15, 0.2) is 11.5 Å². The average Bonchev–Trinajstić information content (AvgIpc) is 3.46. The summed E-state index contributed by atoms with van der Waals surface area (Å²) in [5, 5.41) is 1.32. The second-order valence-corrected chi connectivity index (χ2v) is 9.66. The number of piperidine rings is 1. The van der Waals surface area contributed by atoms with Crippen LogP contribution in [0.4, 0.5) is 4.79 Å². The molecule has 2 fully saturated rings. The third kappa shape index (κ3) is 5.51. The molecule has 0 radical (unpaired) electrons. The fourth-order valence-electron chi connectivity index (χ4n) is 3.68.